The van der Waals surface area contributed by atoms with Crippen LogP contribution in [-0.2, 0) is 0 Å². The summed E-state index contributed by atoms with van der Waals surface area (Å²) in [6, 6.07) is 12.4. The van der Waals surface area contributed by atoms with E-state index >= 15 is 0 Å². The number of amides is 1. The van der Waals surface area contributed by atoms with E-state index in [4.69, 9.17) is 14.2 Å². The summed E-state index contributed by atoms with van der Waals surface area (Å²) in [5.74, 6) is 1.66. The highest BCUT2D eigenvalue weighted by atomic mass is 16.7. The molecule has 1 N–H and O–H groups in total. The van der Waals surface area contributed by atoms with Crippen molar-refractivity contribution in [2.45, 2.75) is 6.92 Å². The van der Waals surface area contributed by atoms with Crippen molar-refractivity contribution >= 4 is 11.6 Å². The van der Waals surface area contributed by atoms with E-state index in [9.17, 15) is 4.79 Å². The van der Waals surface area contributed by atoms with Gasteiger partial charge in [0.2, 0.25) is 6.79 Å². The molecule has 2 aromatic rings. The summed E-state index contributed by atoms with van der Waals surface area (Å²) in [6.07, 6.45) is 0. The smallest absolute Gasteiger partial charge is 0.255 e. The molecule has 0 saturated heterocycles. The van der Waals surface area contributed by atoms with E-state index in [1.54, 1.807) is 24.3 Å². The molecule has 1 amide bonds. The molecule has 108 valence electrons. The minimum atomic E-state index is -0.222. The summed E-state index contributed by atoms with van der Waals surface area (Å²) in [5, 5.41) is 2.84. The summed E-state index contributed by atoms with van der Waals surface area (Å²) in [4.78, 5) is 12.3. The molecule has 0 aliphatic carbocycles. The number of hydrogen-bond acceptors (Lipinski definition) is 4. The van der Waals surface area contributed by atoms with Crippen LogP contribution in [0.3, 0.4) is 0 Å². The first kappa shape index (κ1) is 13.3. The Kier molecular flexibility index (Phi) is 3.64. The molecule has 0 unspecified atom stereocenters. The molecule has 0 saturated carbocycles. The monoisotopic (exact) mass is 285 g/mol. The number of ether oxygens (including phenoxy) is 3. The van der Waals surface area contributed by atoms with E-state index in [2.05, 4.69) is 5.32 Å². The van der Waals surface area contributed by atoms with Crippen molar-refractivity contribution in [2.24, 2.45) is 0 Å². The van der Waals surface area contributed by atoms with Gasteiger partial charge in [-0.2, -0.15) is 0 Å². The van der Waals surface area contributed by atoms with Gasteiger partial charge in [-0.15, -0.1) is 0 Å². The molecule has 1 aliphatic rings. The molecule has 0 spiro atoms. The summed E-state index contributed by atoms with van der Waals surface area (Å²) in [7, 11) is 0. The predicted octanol–water partition coefficient (Wildman–Crippen LogP) is 3.07. The van der Waals surface area contributed by atoms with Gasteiger partial charge in [-0.1, -0.05) is 12.1 Å². The van der Waals surface area contributed by atoms with Crippen LogP contribution in [0.2, 0.25) is 0 Å². The largest absolute Gasteiger partial charge is 0.492 e. The first-order valence-electron chi connectivity index (χ1n) is 6.71. The highest BCUT2D eigenvalue weighted by molar-refractivity contribution is 6.05. The van der Waals surface area contributed by atoms with Gasteiger partial charge in [-0.25, -0.2) is 0 Å². The lowest BCUT2D eigenvalue weighted by Gasteiger charge is -2.11. The van der Waals surface area contributed by atoms with Gasteiger partial charge in [0.15, 0.2) is 11.5 Å². The third-order valence-corrected chi connectivity index (χ3v) is 3.07. The Morgan fingerprint density at radius 2 is 2.00 bits per heavy atom. The van der Waals surface area contributed by atoms with Crippen LogP contribution >= 0.6 is 0 Å². The van der Waals surface area contributed by atoms with Gasteiger partial charge in [-0.05, 0) is 37.3 Å². The molecule has 21 heavy (non-hydrogen) atoms. The van der Waals surface area contributed by atoms with Crippen molar-refractivity contribution in [1.82, 2.24) is 0 Å². The summed E-state index contributed by atoms with van der Waals surface area (Å²) < 4.78 is 16.0. The topological polar surface area (TPSA) is 56.8 Å². The van der Waals surface area contributed by atoms with Gasteiger partial charge in [0.05, 0.1) is 12.3 Å². The van der Waals surface area contributed by atoms with Crippen LogP contribution < -0.4 is 19.5 Å². The average molecular weight is 285 g/mol. The maximum atomic E-state index is 12.3. The number of para-hydroxylation sites is 2. The van der Waals surface area contributed by atoms with Crippen LogP contribution in [-0.4, -0.2) is 19.3 Å². The average Bonchev–Trinajstić information content (AvgIpc) is 2.97. The van der Waals surface area contributed by atoms with Crippen LogP contribution in [0.5, 0.6) is 17.2 Å². The van der Waals surface area contributed by atoms with Crippen molar-refractivity contribution in [1.29, 1.82) is 0 Å². The van der Waals surface area contributed by atoms with Crippen LogP contribution in [0.15, 0.2) is 42.5 Å². The first-order chi connectivity index (χ1) is 10.3. The van der Waals surface area contributed by atoms with Gasteiger partial charge < -0.3 is 19.5 Å². The van der Waals surface area contributed by atoms with E-state index in [1.807, 2.05) is 25.1 Å². The van der Waals surface area contributed by atoms with E-state index < -0.39 is 0 Å². The number of benzene rings is 2. The Morgan fingerprint density at radius 3 is 2.86 bits per heavy atom. The zero-order chi connectivity index (χ0) is 14.7. The number of hydrogen-bond donors (Lipinski definition) is 1. The molecule has 5 heteroatoms. The number of rotatable bonds is 4. The minimum Gasteiger partial charge on any atom is -0.492 e. The van der Waals surface area contributed by atoms with Crippen molar-refractivity contribution in [2.75, 3.05) is 18.7 Å². The number of carbonyl (C=O) groups is 1. The Balaban J connectivity index is 1.80. The lowest BCUT2D eigenvalue weighted by molar-refractivity contribution is 0.102. The zero-order valence-corrected chi connectivity index (χ0v) is 11.6. The van der Waals surface area contributed by atoms with Crippen molar-refractivity contribution in [3.05, 3.63) is 48.0 Å². The Labute approximate surface area is 122 Å². The van der Waals surface area contributed by atoms with E-state index in [0.29, 0.717) is 35.1 Å². The number of carbonyl (C=O) groups excluding carboxylic acids is 1. The summed E-state index contributed by atoms with van der Waals surface area (Å²) in [6.45, 7) is 2.63. The molecule has 5 nitrogen and oxygen atoms in total. The molecule has 0 fully saturated rings. The highest BCUT2D eigenvalue weighted by Gasteiger charge is 2.17. The van der Waals surface area contributed by atoms with Gasteiger partial charge in [0.1, 0.15) is 5.75 Å². The Hall–Kier alpha value is -2.69. The third kappa shape index (κ3) is 2.76. The second kappa shape index (κ2) is 5.75. The number of fused-ring (bicyclic) bond motifs is 1. The van der Waals surface area contributed by atoms with Gasteiger partial charge in [-0.3, -0.25) is 4.79 Å². The van der Waals surface area contributed by atoms with Gasteiger partial charge in [0, 0.05) is 5.56 Å². The summed E-state index contributed by atoms with van der Waals surface area (Å²) in [5.41, 5.74) is 1.15. The maximum Gasteiger partial charge on any atom is 0.255 e. The fourth-order valence-corrected chi connectivity index (χ4v) is 2.08. The fraction of sp³-hybridized carbons (Fsp3) is 0.188. The van der Waals surface area contributed by atoms with Crippen molar-refractivity contribution in [3.63, 3.8) is 0 Å². The van der Waals surface area contributed by atoms with Gasteiger partial charge >= 0.3 is 0 Å². The standard InChI is InChI=1S/C16H15NO4/c1-2-19-13-6-4-3-5-12(13)17-16(18)11-7-8-14-15(9-11)21-10-20-14/h3-9H,2,10H2,1H3,(H,17,18). The van der Waals surface area contributed by atoms with E-state index in [0.717, 1.165) is 0 Å². The van der Waals surface area contributed by atoms with E-state index in [-0.39, 0.29) is 12.7 Å². The molecule has 2 aromatic carbocycles. The Bertz CT molecular complexity index is 669. The molecule has 3 rings (SSSR count). The lowest BCUT2D eigenvalue weighted by Crippen LogP contribution is -2.12. The van der Waals surface area contributed by atoms with Crippen molar-refractivity contribution < 1.29 is 19.0 Å². The minimum absolute atomic E-state index is 0.188. The van der Waals surface area contributed by atoms with Crippen LogP contribution in [0.4, 0.5) is 5.69 Å². The maximum absolute atomic E-state index is 12.3. The lowest BCUT2D eigenvalue weighted by atomic mass is 10.2. The number of anilines is 1. The molecule has 0 radical (unpaired) electrons. The first-order valence-corrected chi connectivity index (χ1v) is 6.71. The van der Waals surface area contributed by atoms with Crippen LogP contribution in [0.25, 0.3) is 0 Å². The predicted molar refractivity (Wildman–Crippen MR) is 78.1 cm³/mol. The second-order valence-corrected chi connectivity index (χ2v) is 4.45. The SMILES string of the molecule is CCOc1ccccc1NC(=O)c1ccc2c(c1)OCO2. The molecule has 1 heterocycles. The molecule has 0 bridgehead atoms. The number of nitrogens with one attached hydrogen (secondary N) is 1. The zero-order valence-electron chi connectivity index (χ0n) is 11.6. The van der Waals surface area contributed by atoms with Crippen LogP contribution in [0, 0.1) is 0 Å². The molecule has 1 aliphatic heterocycles. The quantitative estimate of drug-likeness (QED) is 0.938. The normalized spacial score (nSPS) is 12.0. The van der Waals surface area contributed by atoms with E-state index in [1.165, 1.54) is 0 Å². The molecule has 0 aromatic heterocycles. The molecule has 0 atom stereocenters. The third-order valence-electron chi connectivity index (χ3n) is 3.07. The molecular formula is C16H15NO4. The van der Waals surface area contributed by atoms with Crippen LogP contribution in [0.1, 0.15) is 17.3 Å². The second-order valence-electron chi connectivity index (χ2n) is 4.45. The summed E-state index contributed by atoms with van der Waals surface area (Å²) >= 11 is 0. The van der Waals surface area contributed by atoms with Crippen molar-refractivity contribution in [3.8, 4) is 17.2 Å². The Morgan fingerprint density at radius 1 is 1.19 bits per heavy atom. The fourth-order valence-electron chi connectivity index (χ4n) is 2.08. The van der Waals surface area contributed by atoms with Gasteiger partial charge in [0.25, 0.3) is 5.91 Å². The molecular weight excluding hydrogens is 270 g/mol. The highest BCUT2D eigenvalue weighted by Crippen LogP contribution is 2.33.